The van der Waals surface area contributed by atoms with Gasteiger partial charge in [0.25, 0.3) is 0 Å². The van der Waals surface area contributed by atoms with Crippen LogP contribution in [-0.2, 0) is 14.4 Å². The van der Waals surface area contributed by atoms with E-state index >= 15 is 0 Å². The van der Waals surface area contributed by atoms with E-state index in [0.29, 0.717) is 11.6 Å². The van der Waals surface area contributed by atoms with E-state index in [1.54, 1.807) is 0 Å². The van der Waals surface area contributed by atoms with Crippen molar-refractivity contribution < 1.29 is 18.8 Å². The third-order valence-corrected chi connectivity index (χ3v) is 5.58. The van der Waals surface area contributed by atoms with Crippen molar-refractivity contribution in [1.82, 2.24) is 5.32 Å². The maximum Gasteiger partial charge on any atom is 0.227 e. The second kappa shape index (κ2) is 9.17. The van der Waals surface area contributed by atoms with Gasteiger partial charge in [-0.05, 0) is 43.4 Å². The molecule has 1 aromatic rings. The first-order valence-electron chi connectivity index (χ1n) is 10.1. The van der Waals surface area contributed by atoms with E-state index in [2.05, 4.69) is 16.0 Å². The molecule has 3 N–H and O–H groups in total. The lowest BCUT2D eigenvalue weighted by atomic mass is 9.88. The van der Waals surface area contributed by atoms with E-state index in [-0.39, 0.29) is 48.2 Å². The molecule has 2 fully saturated rings. The standard InChI is InChI=1S/C21H28FN3O3/c1-13-11-16(13)21(28)23-10-9-19(26)24-15-7-8-17(22)18(12-15)25-20(27)14-5-3-2-4-6-14/h7-8,12-14,16H,2-6,9-11H2,1H3,(H,23,28)(H,24,26)(H,25,27)/t13-,16+/m1/s1. The van der Waals surface area contributed by atoms with Crippen LogP contribution in [0, 0.1) is 23.6 Å². The van der Waals surface area contributed by atoms with Crippen LogP contribution in [0.2, 0.25) is 0 Å². The minimum absolute atomic E-state index is 0.00482. The second-order valence-electron chi connectivity index (χ2n) is 7.93. The van der Waals surface area contributed by atoms with Crippen molar-refractivity contribution in [3.63, 3.8) is 0 Å². The summed E-state index contributed by atoms with van der Waals surface area (Å²) >= 11 is 0. The average Bonchev–Trinajstić information content (AvgIpc) is 3.42. The molecule has 0 aliphatic heterocycles. The summed E-state index contributed by atoms with van der Waals surface area (Å²) in [7, 11) is 0. The monoisotopic (exact) mass is 389 g/mol. The number of carbonyl (C=O) groups excluding carboxylic acids is 3. The summed E-state index contributed by atoms with van der Waals surface area (Å²) in [6.45, 7) is 2.29. The van der Waals surface area contributed by atoms with Crippen molar-refractivity contribution >= 4 is 29.1 Å². The number of hydrogen-bond donors (Lipinski definition) is 3. The Morgan fingerprint density at radius 1 is 1.07 bits per heavy atom. The van der Waals surface area contributed by atoms with E-state index in [0.717, 1.165) is 38.5 Å². The van der Waals surface area contributed by atoms with Crippen molar-refractivity contribution in [2.45, 2.75) is 51.9 Å². The van der Waals surface area contributed by atoms with Crippen LogP contribution in [0.4, 0.5) is 15.8 Å². The van der Waals surface area contributed by atoms with Gasteiger partial charge in [-0.1, -0.05) is 26.2 Å². The van der Waals surface area contributed by atoms with E-state index in [9.17, 15) is 18.8 Å². The largest absolute Gasteiger partial charge is 0.355 e. The number of halogens is 1. The number of anilines is 2. The second-order valence-corrected chi connectivity index (χ2v) is 7.93. The number of rotatable bonds is 7. The fourth-order valence-electron chi connectivity index (χ4n) is 3.64. The zero-order chi connectivity index (χ0) is 20.1. The molecule has 7 heteroatoms. The number of hydrogen-bond acceptors (Lipinski definition) is 3. The molecule has 2 aliphatic rings. The molecule has 0 radical (unpaired) electrons. The molecule has 0 spiro atoms. The molecule has 0 saturated heterocycles. The summed E-state index contributed by atoms with van der Waals surface area (Å²) in [5, 5.41) is 8.09. The number of carbonyl (C=O) groups is 3. The van der Waals surface area contributed by atoms with E-state index in [1.807, 2.05) is 6.92 Å². The fraction of sp³-hybridized carbons (Fsp3) is 0.571. The SMILES string of the molecule is C[C@@H]1C[C@@H]1C(=O)NCCC(=O)Nc1ccc(F)c(NC(=O)C2CCCCC2)c1. The van der Waals surface area contributed by atoms with Gasteiger partial charge in [-0.3, -0.25) is 14.4 Å². The lowest BCUT2D eigenvalue weighted by molar-refractivity contribution is -0.123. The maximum atomic E-state index is 14.1. The third kappa shape index (κ3) is 5.53. The third-order valence-electron chi connectivity index (χ3n) is 5.58. The Kier molecular flexibility index (Phi) is 6.65. The Bertz CT molecular complexity index is 746. The van der Waals surface area contributed by atoms with Crippen LogP contribution in [0.25, 0.3) is 0 Å². The van der Waals surface area contributed by atoms with Gasteiger partial charge >= 0.3 is 0 Å². The molecule has 2 atom stereocenters. The highest BCUT2D eigenvalue weighted by molar-refractivity contribution is 5.95. The van der Waals surface area contributed by atoms with Crippen LogP contribution in [0.3, 0.4) is 0 Å². The lowest BCUT2D eigenvalue weighted by Gasteiger charge is -2.21. The Morgan fingerprint density at radius 3 is 2.46 bits per heavy atom. The molecule has 1 aromatic carbocycles. The summed E-state index contributed by atoms with van der Waals surface area (Å²) in [6.07, 6.45) is 5.88. The molecule has 28 heavy (non-hydrogen) atoms. The molecule has 152 valence electrons. The van der Waals surface area contributed by atoms with Crippen molar-refractivity contribution in [3.8, 4) is 0 Å². The van der Waals surface area contributed by atoms with Crippen LogP contribution in [0.5, 0.6) is 0 Å². The molecule has 3 rings (SSSR count). The molecular weight excluding hydrogens is 361 g/mol. The Labute approximate surface area is 164 Å². The summed E-state index contributed by atoms with van der Waals surface area (Å²) in [5.74, 6) is -0.558. The molecular formula is C21H28FN3O3. The number of nitrogens with one attached hydrogen (secondary N) is 3. The lowest BCUT2D eigenvalue weighted by Crippen LogP contribution is -2.29. The Hall–Kier alpha value is -2.44. The Morgan fingerprint density at radius 2 is 1.79 bits per heavy atom. The van der Waals surface area contributed by atoms with Gasteiger partial charge in [0, 0.05) is 30.5 Å². The highest BCUT2D eigenvalue weighted by atomic mass is 19.1. The highest BCUT2D eigenvalue weighted by Crippen LogP contribution is 2.37. The van der Waals surface area contributed by atoms with Crippen molar-refractivity contribution in [1.29, 1.82) is 0 Å². The van der Waals surface area contributed by atoms with Gasteiger partial charge in [-0.15, -0.1) is 0 Å². The number of amides is 3. The van der Waals surface area contributed by atoms with Gasteiger partial charge in [0.2, 0.25) is 17.7 Å². The van der Waals surface area contributed by atoms with Crippen LogP contribution in [0.1, 0.15) is 51.9 Å². The van der Waals surface area contributed by atoms with Gasteiger partial charge in [0.1, 0.15) is 5.82 Å². The molecule has 0 bridgehead atoms. The molecule has 2 aliphatic carbocycles. The smallest absolute Gasteiger partial charge is 0.227 e. The summed E-state index contributed by atoms with van der Waals surface area (Å²) < 4.78 is 14.1. The molecule has 0 aromatic heterocycles. The maximum absolute atomic E-state index is 14.1. The minimum Gasteiger partial charge on any atom is -0.355 e. The molecule has 6 nitrogen and oxygen atoms in total. The Balaban J connectivity index is 1.48. The van der Waals surface area contributed by atoms with Gasteiger partial charge in [-0.2, -0.15) is 0 Å². The first-order valence-corrected chi connectivity index (χ1v) is 10.1. The van der Waals surface area contributed by atoms with Gasteiger partial charge < -0.3 is 16.0 Å². The van der Waals surface area contributed by atoms with Crippen molar-refractivity contribution in [3.05, 3.63) is 24.0 Å². The van der Waals surface area contributed by atoms with Gasteiger partial charge in [0.05, 0.1) is 5.69 Å². The number of benzene rings is 1. The minimum atomic E-state index is -0.534. The normalized spacial score (nSPS) is 21.6. The predicted octanol–water partition coefficient (Wildman–Crippen LogP) is 3.45. The first kappa shape index (κ1) is 20.3. The quantitative estimate of drug-likeness (QED) is 0.667. The average molecular weight is 389 g/mol. The van der Waals surface area contributed by atoms with Crippen molar-refractivity contribution in [2.24, 2.45) is 17.8 Å². The topological polar surface area (TPSA) is 87.3 Å². The summed E-state index contributed by atoms with van der Waals surface area (Å²) in [4.78, 5) is 36.1. The summed E-state index contributed by atoms with van der Waals surface area (Å²) in [5.41, 5.74) is 0.483. The zero-order valence-electron chi connectivity index (χ0n) is 16.2. The first-order chi connectivity index (χ1) is 13.4. The van der Waals surface area contributed by atoms with Gasteiger partial charge in [0.15, 0.2) is 0 Å². The fourth-order valence-corrected chi connectivity index (χ4v) is 3.64. The highest BCUT2D eigenvalue weighted by Gasteiger charge is 2.38. The zero-order valence-corrected chi connectivity index (χ0v) is 16.2. The van der Waals surface area contributed by atoms with E-state index < -0.39 is 5.82 Å². The van der Waals surface area contributed by atoms with Crippen LogP contribution in [-0.4, -0.2) is 24.3 Å². The molecule has 0 unspecified atom stereocenters. The van der Waals surface area contributed by atoms with Crippen molar-refractivity contribution in [2.75, 3.05) is 17.2 Å². The predicted molar refractivity (Wildman–Crippen MR) is 105 cm³/mol. The van der Waals surface area contributed by atoms with Gasteiger partial charge in [-0.25, -0.2) is 4.39 Å². The van der Waals surface area contributed by atoms with E-state index in [1.165, 1.54) is 18.2 Å². The van der Waals surface area contributed by atoms with E-state index in [4.69, 9.17) is 0 Å². The molecule has 0 heterocycles. The van der Waals surface area contributed by atoms with Crippen LogP contribution < -0.4 is 16.0 Å². The molecule has 3 amide bonds. The van der Waals surface area contributed by atoms with Crippen LogP contribution in [0.15, 0.2) is 18.2 Å². The van der Waals surface area contributed by atoms with Crippen LogP contribution >= 0.6 is 0 Å². The summed E-state index contributed by atoms with van der Waals surface area (Å²) in [6, 6.07) is 4.11. The molecule has 2 saturated carbocycles.